The molecule has 0 aromatic carbocycles. The van der Waals surface area contributed by atoms with Crippen LogP contribution in [0.2, 0.25) is 0 Å². The maximum Gasteiger partial charge on any atom is 0.266 e. The van der Waals surface area contributed by atoms with Crippen molar-refractivity contribution in [3.8, 4) is 0 Å². The predicted octanol–water partition coefficient (Wildman–Crippen LogP) is 10.9. The van der Waals surface area contributed by atoms with Gasteiger partial charge in [0.15, 0.2) is 0 Å². The topological polar surface area (TPSA) is 104 Å². The number of aliphatic hydroxyl groups is 1. The van der Waals surface area contributed by atoms with E-state index in [1.54, 1.807) is 0 Å². The molecule has 0 aliphatic heterocycles. The Labute approximate surface area is 274 Å². The molecule has 3 N–H and O–H groups in total. The highest BCUT2D eigenvalue weighted by Gasteiger charge is 2.26. The molecule has 0 rings (SSSR count). The number of nitrogens with one attached hydrogen (secondary N) is 1. The quantitative estimate of drug-likeness (QED) is 0.0470. The van der Waals surface area contributed by atoms with E-state index >= 15 is 0 Å². The molecule has 6 nitrogen and oxygen atoms in total. The van der Waals surface area contributed by atoms with Gasteiger partial charge >= 0.3 is 0 Å². The molecule has 0 spiro atoms. The molecule has 0 saturated heterocycles. The van der Waals surface area contributed by atoms with Gasteiger partial charge in [-0.05, 0) is 12.8 Å². The Balaban J connectivity index is 3.83. The van der Waals surface area contributed by atoms with Gasteiger partial charge in [-0.2, -0.15) is 8.42 Å². The molecule has 0 radical (unpaired) electrons. The van der Waals surface area contributed by atoms with Crippen molar-refractivity contribution in [3.05, 3.63) is 0 Å². The van der Waals surface area contributed by atoms with Gasteiger partial charge in [-0.3, -0.25) is 9.35 Å². The van der Waals surface area contributed by atoms with Crippen LogP contribution in [-0.2, 0) is 14.9 Å². The van der Waals surface area contributed by atoms with E-state index in [9.17, 15) is 22.9 Å². The Kier molecular flexibility index (Phi) is 31.8. The third kappa shape index (κ3) is 32.7. The second-order valence-corrected chi connectivity index (χ2v) is 15.1. The summed E-state index contributed by atoms with van der Waals surface area (Å²) in [4.78, 5) is 12.4. The number of rotatable bonds is 35. The van der Waals surface area contributed by atoms with Crippen LogP contribution in [0.25, 0.3) is 0 Å². The molecule has 44 heavy (non-hydrogen) atoms. The van der Waals surface area contributed by atoms with Crippen molar-refractivity contribution >= 4 is 16.0 Å². The standard InChI is InChI=1S/C37H75NO5S/c1-3-5-7-9-11-13-15-16-17-18-19-20-21-23-24-26-28-30-32-36(39)35(34-44(41,42)43)38-37(40)33-31-29-27-25-22-14-12-10-8-6-4-2/h35-36,39H,3-34H2,1-2H3,(H,38,40)(H,41,42,43). The third-order valence-corrected chi connectivity index (χ3v) is 9.84. The van der Waals surface area contributed by atoms with Crippen LogP contribution in [0.1, 0.15) is 213 Å². The monoisotopic (exact) mass is 646 g/mol. The average Bonchev–Trinajstić information content (AvgIpc) is 2.98. The maximum atomic E-state index is 12.4. The fourth-order valence-electron chi connectivity index (χ4n) is 6.16. The highest BCUT2D eigenvalue weighted by atomic mass is 32.2. The van der Waals surface area contributed by atoms with E-state index in [0.29, 0.717) is 12.8 Å². The molecule has 0 saturated carbocycles. The molecule has 1 amide bonds. The van der Waals surface area contributed by atoms with Gasteiger partial charge in [0.25, 0.3) is 10.1 Å². The second-order valence-electron chi connectivity index (χ2n) is 13.6. The molecule has 0 aliphatic carbocycles. The number of unbranched alkanes of at least 4 members (excludes halogenated alkanes) is 27. The summed E-state index contributed by atoms with van der Waals surface area (Å²) in [6.07, 6.45) is 36.2. The highest BCUT2D eigenvalue weighted by Crippen LogP contribution is 2.16. The first-order valence-electron chi connectivity index (χ1n) is 19.2. The molecule has 7 heteroatoms. The zero-order valence-electron chi connectivity index (χ0n) is 29.3. The summed E-state index contributed by atoms with van der Waals surface area (Å²) < 4.78 is 32.4. The molecule has 0 heterocycles. The fraction of sp³-hybridized carbons (Fsp3) is 0.973. The van der Waals surface area contributed by atoms with Crippen LogP contribution in [0.3, 0.4) is 0 Å². The largest absolute Gasteiger partial charge is 0.391 e. The molecular weight excluding hydrogens is 570 g/mol. The van der Waals surface area contributed by atoms with E-state index in [-0.39, 0.29) is 5.91 Å². The lowest BCUT2D eigenvalue weighted by Crippen LogP contribution is -2.47. The van der Waals surface area contributed by atoms with Crippen LogP contribution >= 0.6 is 0 Å². The summed E-state index contributed by atoms with van der Waals surface area (Å²) in [7, 11) is -4.30. The minimum Gasteiger partial charge on any atom is -0.391 e. The normalized spacial score (nSPS) is 13.3. The Bertz CT molecular complexity index is 715. The van der Waals surface area contributed by atoms with Crippen LogP contribution in [-0.4, -0.2) is 41.9 Å². The predicted molar refractivity (Wildman–Crippen MR) is 189 cm³/mol. The minimum atomic E-state index is -4.30. The van der Waals surface area contributed by atoms with Gasteiger partial charge in [0, 0.05) is 6.42 Å². The summed E-state index contributed by atoms with van der Waals surface area (Å²) in [6.45, 7) is 4.51. The summed E-state index contributed by atoms with van der Waals surface area (Å²) in [5, 5.41) is 13.3. The number of amides is 1. The van der Waals surface area contributed by atoms with Gasteiger partial charge in [0.05, 0.1) is 17.9 Å². The van der Waals surface area contributed by atoms with Crippen LogP contribution in [0, 0.1) is 0 Å². The number of hydrogen-bond donors (Lipinski definition) is 3. The Hall–Kier alpha value is -0.660. The first-order chi connectivity index (χ1) is 21.3. The molecule has 2 atom stereocenters. The van der Waals surface area contributed by atoms with Gasteiger partial charge in [-0.1, -0.05) is 194 Å². The third-order valence-electron chi connectivity index (χ3n) is 9.06. The second kappa shape index (κ2) is 32.3. The van der Waals surface area contributed by atoms with E-state index in [1.165, 1.54) is 148 Å². The zero-order valence-corrected chi connectivity index (χ0v) is 30.1. The number of hydrogen-bond acceptors (Lipinski definition) is 4. The summed E-state index contributed by atoms with van der Waals surface area (Å²) in [5.41, 5.74) is 0. The van der Waals surface area contributed by atoms with Gasteiger partial charge in [-0.15, -0.1) is 0 Å². The molecule has 2 unspecified atom stereocenters. The maximum absolute atomic E-state index is 12.4. The number of carbonyl (C=O) groups is 1. The average molecular weight is 646 g/mol. The van der Waals surface area contributed by atoms with Crippen molar-refractivity contribution in [1.82, 2.24) is 5.32 Å². The lowest BCUT2D eigenvalue weighted by molar-refractivity contribution is -0.122. The number of carbonyl (C=O) groups excluding carboxylic acids is 1. The van der Waals surface area contributed by atoms with E-state index in [2.05, 4.69) is 19.2 Å². The molecule has 0 aromatic heterocycles. The van der Waals surface area contributed by atoms with E-state index in [1.807, 2.05) is 0 Å². The summed E-state index contributed by atoms with van der Waals surface area (Å²) in [5.74, 6) is -0.886. The van der Waals surface area contributed by atoms with Crippen LogP contribution < -0.4 is 5.32 Å². The Morgan fingerprint density at radius 2 is 0.818 bits per heavy atom. The van der Waals surface area contributed by atoms with Crippen molar-refractivity contribution in [3.63, 3.8) is 0 Å². The first-order valence-corrected chi connectivity index (χ1v) is 20.8. The van der Waals surface area contributed by atoms with Crippen molar-refractivity contribution < 1.29 is 22.9 Å². The lowest BCUT2D eigenvalue weighted by Gasteiger charge is -2.23. The SMILES string of the molecule is CCCCCCCCCCCCCCCCCCCCC(O)C(CS(=O)(=O)O)NC(=O)CCCCCCCCCCCCC. The van der Waals surface area contributed by atoms with Crippen LogP contribution in [0.5, 0.6) is 0 Å². The van der Waals surface area contributed by atoms with Crippen LogP contribution in [0.15, 0.2) is 0 Å². The minimum absolute atomic E-state index is 0.244. The molecule has 0 aliphatic rings. The van der Waals surface area contributed by atoms with Crippen molar-refractivity contribution in [1.29, 1.82) is 0 Å². The van der Waals surface area contributed by atoms with Crippen molar-refractivity contribution in [2.75, 3.05) is 5.75 Å². The lowest BCUT2D eigenvalue weighted by atomic mass is 10.0. The highest BCUT2D eigenvalue weighted by molar-refractivity contribution is 7.85. The summed E-state index contributed by atoms with van der Waals surface area (Å²) >= 11 is 0. The number of aliphatic hydroxyl groups excluding tert-OH is 1. The van der Waals surface area contributed by atoms with Crippen molar-refractivity contribution in [2.24, 2.45) is 0 Å². The van der Waals surface area contributed by atoms with Gasteiger partial charge < -0.3 is 10.4 Å². The summed E-state index contributed by atoms with van der Waals surface area (Å²) in [6, 6.07) is -0.962. The van der Waals surface area contributed by atoms with Crippen LogP contribution in [0.4, 0.5) is 0 Å². The first kappa shape index (κ1) is 43.3. The van der Waals surface area contributed by atoms with Gasteiger partial charge in [-0.25, -0.2) is 0 Å². The zero-order chi connectivity index (χ0) is 32.6. The van der Waals surface area contributed by atoms with E-state index < -0.39 is 28.0 Å². The molecule has 0 aromatic rings. The molecule has 0 bridgehead atoms. The van der Waals surface area contributed by atoms with E-state index in [0.717, 1.165) is 38.5 Å². The molecule has 264 valence electrons. The Morgan fingerprint density at radius 1 is 0.523 bits per heavy atom. The smallest absolute Gasteiger partial charge is 0.266 e. The van der Waals surface area contributed by atoms with E-state index in [4.69, 9.17) is 0 Å². The van der Waals surface area contributed by atoms with Crippen molar-refractivity contribution in [2.45, 2.75) is 225 Å². The molecule has 0 fully saturated rings. The fourth-order valence-corrected chi connectivity index (χ4v) is 6.92. The Morgan fingerprint density at radius 3 is 1.14 bits per heavy atom. The van der Waals surface area contributed by atoms with Gasteiger partial charge in [0.1, 0.15) is 0 Å². The van der Waals surface area contributed by atoms with Gasteiger partial charge in [0.2, 0.25) is 5.91 Å². The molecular formula is C37H75NO5S.